The maximum atomic E-state index is 12.3. The van der Waals surface area contributed by atoms with Crippen LogP contribution in [0, 0.1) is 0 Å². The van der Waals surface area contributed by atoms with Gasteiger partial charge in [-0.05, 0) is 19.1 Å². The zero-order valence-corrected chi connectivity index (χ0v) is 10.5. The van der Waals surface area contributed by atoms with Gasteiger partial charge in [-0.3, -0.25) is 4.79 Å². The first-order chi connectivity index (χ1) is 8.43. The number of rotatable bonds is 5. The zero-order valence-electron chi connectivity index (χ0n) is 9.66. The van der Waals surface area contributed by atoms with Gasteiger partial charge >= 0.3 is 12.1 Å². The van der Waals surface area contributed by atoms with E-state index in [1.54, 1.807) is 6.92 Å². The molecule has 0 unspecified atom stereocenters. The average molecular weight is 279 g/mol. The SMILES string of the molecule is CCOC(=O)CCSc1ccc(C(F)(F)F)cn1. The lowest BCUT2D eigenvalue weighted by Gasteiger charge is -2.06. The Morgan fingerprint density at radius 1 is 1.44 bits per heavy atom. The van der Waals surface area contributed by atoms with E-state index in [-0.39, 0.29) is 12.4 Å². The third-order valence-electron chi connectivity index (χ3n) is 1.93. The highest BCUT2D eigenvalue weighted by Gasteiger charge is 2.30. The van der Waals surface area contributed by atoms with E-state index in [4.69, 9.17) is 4.74 Å². The minimum atomic E-state index is -4.37. The number of carbonyl (C=O) groups is 1. The first kappa shape index (κ1) is 14.8. The Morgan fingerprint density at radius 3 is 2.67 bits per heavy atom. The molecule has 0 spiro atoms. The van der Waals surface area contributed by atoms with E-state index >= 15 is 0 Å². The number of thioether (sulfide) groups is 1. The molecule has 0 amide bonds. The third kappa shape index (κ3) is 4.95. The van der Waals surface area contributed by atoms with E-state index in [2.05, 4.69) is 4.98 Å². The highest BCUT2D eigenvalue weighted by molar-refractivity contribution is 7.99. The number of alkyl halides is 3. The number of esters is 1. The van der Waals surface area contributed by atoms with Crippen molar-refractivity contribution in [3.8, 4) is 0 Å². The number of ether oxygens (including phenoxy) is 1. The summed E-state index contributed by atoms with van der Waals surface area (Å²) in [6.07, 6.45) is -3.38. The van der Waals surface area contributed by atoms with Crippen LogP contribution in [0.4, 0.5) is 13.2 Å². The maximum Gasteiger partial charge on any atom is 0.417 e. The molecule has 0 atom stereocenters. The summed E-state index contributed by atoms with van der Waals surface area (Å²) < 4.78 is 41.5. The first-order valence-electron chi connectivity index (χ1n) is 5.25. The number of aromatic nitrogens is 1. The van der Waals surface area contributed by atoms with Crippen LogP contribution < -0.4 is 0 Å². The molecule has 0 aromatic carbocycles. The summed E-state index contributed by atoms with van der Waals surface area (Å²) in [4.78, 5) is 14.7. The minimum Gasteiger partial charge on any atom is -0.466 e. The molecule has 0 fully saturated rings. The zero-order chi connectivity index (χ0) is 13.6. The van der Waals surface area contributed by atoms with Crippen LogP contribution in [0.1, 0.15) is 18.9 Å². The van der Waals surface area contributed by atoms with Crippen LogP contribution in [0.2, 0.25) is 0 Å². The van der Waals surface area contributed by atoms with Crippen LogP contribution >= 0.6 is 11.8 Å². The summed E-state index contributed by atoms with van der Waals surface area (Å²) in [5.41, 5.74) is -0.780. The lowest BCUT2D eigenvalue weighted by molar-refractivity contribution is -0.142. The molecule has 0 aliphatic heterocycles. The average Bonchev–Trinajstić information content (AvgIpc) is 2.29. The Hall–Kier alpha value is -1.24. The number of hydrogen-bond donors (Lipinski definition) is 0. The molecule has 1 rings (SSSR count). The van der Waals surface area contributed by atoms with Crippen molar-refractivity contribution in [2.75, 3.05) is 12.4 Å². The topological polar surface area (TPSA) is 39.2 Å². The minimum absolute atomic E-state index is 0.210. The van der Waals surface area contributed by atoms with Crippen molar-refractivity contribution in [3.63, 3.8) is 0 Å². The van der Waals surface area contributed by atoms with Crippen molar-refractivity contribution < 1.29 is 22.7 Å². The molecule has 100 valence electrons. The van der Waals surface area contributed by atoms with Crippen LogP contribution in [0.25, 0.3) is 0 Å². The molecule has 0 radical (unpaired) electrons. The molecular weight excluding hydrogens is 267 g/mol. The van der Waals surface area contributed by atoms with Gasteiger partial charge in [-0.15, -0.1) is 11.8 Å². The number of halogens is 3. The Morgan fingerprint density at radius 2 is 2.17 bits per heavy atom. The van der Waals surface area contributed by atoms with Gasteiger partial charge in [0.05, 0.1) is 23.6 Å². The number of carbonyl (C=O) groups excluding carboxylic acids is 1. The molecule has 0 aliphatic carbocycles. The molecule has 1 aromatic rings. The number of pyridine rings is 1. The predicted octanol–water partition coefficient (Wildman–Crippen LogP) is 3.15. The van der Waals surface area contributed by atoms with E-state index in [0.29, 0.717) is 17.4 Å². The molecule has 18 heavy (non-hydrogen) atoms. The summed E-state index contributed by atoms with van der Waals surface area (Å²) in [5, 5.41) is 0.451. The second-order valence-corrected chi connectivity index (χ2v) is 4.40. The van der Waals surface area contributed by atoms with Crippen molar-refractivity contribution in [2.45, 2.75) is 24.5 Å². The predicted molar refractivity (Wildman–Crippen MR) is 61.2 cm³/mol. The fourth-order valence-electron chi connectivity index (χ4n) is 1.11. The van der Waals surface area contributed by atoms with Gasteiger partial charge in [0.2, 0.25) is 0 Å². The van der Waals surface area contributed by atoms with Crippen LogP contribution in [0.15, 0.2) is 23.4 Å². The summed E-state index contributed by atoms with van der Waals surface area (Å²) in [6.45, 7) is 2.03. The second kappa shape index (κ2) is 6.63. The molecule has 7 heteroatoms. The van der Waals surface area contributed by atoms with E-state index in [1.165, 1.54) is 17.8 Å². The van der Waals surface area contributed by atoms with Gasteiger partial charge in [-0.2, -0.15) is 13.2 Å². The Kier molecular flexibility index (Phi) is 5.46. The Bertz CT molecular complexity index is 392. The Labute approximate surface area is 107 Å². The normalized spacial score (nSPS) is 11.3. The number of nitrogens with zero attached hydrogens (tertiary/aromatic N) is 1. The van der Waals surface area contributed by atoms with Gasteiger partial charge in [0.15, 0.2) is 0 Å². The van der Waals surface area contributed by atoms with Crippen molar-refractivity contribution >= 4 is 17.7 Å². The second-order valence-electron chi connectivity index (χ2n) is 3.29. The van der Waals surface area contributed by atoms with E-state index in [0.717, 1.165) is 12.3 Å². The van der Waals surface area contributed by atoms with E-state index in [9.17, 15) is 18.0 Å². The molecule has 3 nitrogen and oxygen atoms in total. The van der Waals surface area contributed by atoms with Crippen molar-refractivity contribution in [1.29, 1.82) is 0 Å². The van der Waals surface area contributed by atoms with E-state index < -0.39 is 11.7 Å². The monoisotopic (exact) mass is 279 g/mol. The van der Waals surface area contributed by atoms with Gasteiger partial charge in [0.1, 0.15) is 0 Å². The first-order valence-corrected chi connectivity index (χ1v) is 6.23. The summed E-state index contributed by atoms with van der Waals surface area (Å²) in [5.74, 6) is 0.105. The molecule has 0 aliphatic rings. The molecule has 1 heterocycles. The maximum absolute atomic E-state index is 12.3. The highest BCUT2D eigenvalue weighted by atomic mass is 32.2. The molecule has 0 N–H and O–H groups in total. The van der Waals surface area contributed by atoms with Crippen molar-refractivity contribution in [1.82, 2.24) is 4.98 Å². The van der Waals surface area contributed by atoms with Crippen LogP contribution in [0.5, 0.6) is 0 Å². The fraction of sp³-hybridized carbons (Fsp3) is 0.455. The smallest absolute Gasteiger partial charge is 0.417 e. The molecule has 0 saturated carbocycles. The molecule has 0 bridgehead atoms. The van der Waals surface area contributed by atoms with Gasteiger partial charge in [0.25, 0.3) is 0 Å². The lowest BCUT2D eigenvalue weighted by atomic mass is 10.3. The van der Waals surface area contributed by atoms with Crippen LogP contribution in [-0.4, -0.2) is 23.3 Å². The fourth-order valence-corrected chi connectivity index (χ4v) is 1.87. The van der Waals surface area contributed by atoms with Gasteiger partial charge in [-0.1, -0.05) is 0 Å². The third-order valence-corrected chi connectivity index (χ3v) is 2.87. The standard InChI is InChI=1S/C11H12F3NO2S/c1-2-17-10(16)5-6-18-9-4-3-8(7-15-9)11(12,13)14/h3-4,7H,2,5-6H2,1H3. The number of hydrogen-bond acceptors (Lipinski definition) is 4. The quantitative estimate of drug-likeness (QED) is 0.613. The molecular formula is C11H12F3NO2S. The van der Waals surface area contributed by atoms with Crippen molar-refractivity contribution in [3.05, 3.63) is 23.9 Å². The van der Waals surface area contributed by atoms with Crippen molar-refractivity contribution in [2.24, 2.45) is 0 Å². The van der Waals surface area contributed by atoms with Gasteiger partial charge in [-0.25, -0.2) is 4.98 Å². The largest absolute Gasteiger partial charge is 0.466 e. The highest BCUT2D eigenvalue weighted by Crippen LogP contribution is 2.29. The summed E-state index contributed by atoms with van der Waals surface area (Å²) in [6, 6.07) is 2.26. The van der Waals surface area contributed by atoms with Crippen LogP contribution in [0.3, 0.4) is 0 Å². The van der Waals surface area contributed by atoms with E-state index in [1.807, 2.05) is 0 Å². The summed E-state index contributed by atoms with van der Waals surface area (Å²) >= 11 is 1.21. The molecule has 1 aromatic heterocycles. The van der Waals surface area contributed by atoms with Crippen LogP contribution in [-0.2, 0) is 15.7 Å². The lowest BCUT2D eigenvalue weighted by Crippen LogP contribution is -2.06. The Balaban J connectivity index is 2.42. The summed E-state index contributed by atoms with van der Waals surface area (Å²) in [7, 11) is 0. The van der Waals surface area contributed by atoms with Gasteiger partial charge < -0.3 is 4.74 Å². The van der Waals surface area contributed by atoms with Gasteiger partial charge in [0, 0.05) is 11.9 Å². The molecule has 0 saturated heterocycles.